The Balaban J connectivity index is 2.40. The van der Waals surface area contributed by atoms with E-state index in [1.165, 1.54) is 13.2 Å². The maximum absolute atomic E-state index is 12.6. The van der Waals surface area contributed by atoms with E-state index in [1.807, 2.05) is 13.8 Å². The Kier molecular flexibility index (Phi) is 5.16. The quantitative estimate of drug-likeness (QED) is 0.824. The molecule has 0 aliphatic rings. The number of amides is 1. The van der Waals surface area contributed by atoms with Crippen LogP contribution >= 0.6 is 0 Å². The average molecular weight is 316 g/mol. The predicted molar refractivity (Wildman–Crippen MR) is 87.3 cm³/mol. The molecular formula is C17H20N2O4. The molecule has 1 aromatic carbocycles. The molecule has 2 aromatic rings. The first-order valence-electron chi connectivity index (χ1n) is 7.48. The summed E-state index contributed by atoms with van der Waals surface area (Å²) in [4.78, 5) is 38.9. The Morgan fingerprint density at radius 1 is 1.30 bits per heavy atom. The van der Waals surface area contributed by atoms with E-state index in [1.54, 1.807) is 24.3 Å². The molecule has 1 aromatic heterocycles. The molecule has 6 nitrogen and oxygen atoms in total. The number of hydrogen-bond acceptors (Lipinski definition) is 4. The minimum atomic E-state index is -0.754. The molecule has 0 spiro atoms. The fourth-order valence-electron chi connectivity index (χ4n) is 2.41. The van der Waals surface area contributed by atoms with Crippen molar-refractivity contribution in [1.82, 2.24) is 10.3 Å². The van der Waals surface area contributed by atoms with Crippen LogP contribution in [-0.4, -0.2) is 30.0 Å². The van der Waals surface area contributed by atoms with Gasteiger partial charge in [-0.1, -0.05) is 38.5 Å². The number of para-hydroxylation sites is 1. The molecule has 0 aliphatic carbocycles. The second-order valence-electron chi connectivity index (χ2n) is 5.45. The smallest absolute Gasteiger partial charge is 0.328 e. The van der Waals surface area contributed by atoms with Gasteiger partial charge >= 0.3 is 5.97 Å². The molecule has 1 heterocycles. The van der Waals surface area contributed by atoms with E-state index in [4.69, 9.17) is 4.74 Å². The van der Waals surface area contributed by atoms with Gasteiger partial charge in [-0.05, 0) is 12.0 Å². The van der Waals surface area contributed by atoms with Gasteiger partial charge in [0.2, 0.25) is 5.56 Å². The zero-order valence-electron chi connectivity index (χ0n) is 13.4. The van der Waals surface area contributed by atoms with Gasteiger partial charge in [-0.2, -0.15) is 0 Å². The number of carbonyl (C=O) groups is 2. The van der Waals surface area contributed by atoms with Crippen molar-refractivity contribution in [3.63, 3.8) is 0 Å². The number of rotatable bonds is 5. The fourth-order valence-corrected chi connectivity index (χ4v) is 2.41. The monoisotopic (exact) mass is 316 g/mol. The number of nitrogens with one attached hydrogen (secondary N) is 2. The highest BCUT2D eigenvalue weighted by atomic mass is 16.5. The van der Waals surface area contributed by atoms with Crippen LogP contribution in [0.5, 0.6) is 0 Å². The van der Waals surface area contributed by atoms with Crippen molar-refractivity contribution < 1.29 is 14.3 Å². The first kappa shape index (κ1) is 16.7. The van der Waals surface area contributed by atoms with Crippen molar-refractivity contribution in [1.29, 1.82) is 0 Å². The van der Waals surface area contributed by atoms with Crippen molar-refractivity contribution in [2.75, 3.05) is 7.11 Å². The standard InChI is InChI=1S/C17H20N2O4/c1-4-10(2)15(17(22)23-3)19-16(21)12-9-14(20)18-13-8-6-5-7-11(12)13/h5-10,15H,4H2,1-3H3,(H,18,20)(H,19,21)/t10-,15-/m1/s1. The summed E-state index contributed by atoms with van der Waals surface area (Å²) in [6.07, 6.45) is 0.705. The minimum absolute atomic E-state index is 0.0836. The lowest BCUT2D eigenvalue weighted by Crippen LogP contribution is -2.45. The van der Waals surface area contributed by atoms with Crippen molar-refractivity contribution >= 4 is 22.8 Å². The number of H-pyrrole nitrogens is 1. The van der Waals surface area contributed by atoms with E-state index >= 15 is 0 Å². The lowest BCUT2D eigenvalue weighted by atomic mass is 9.98. The molecule has 6 heteroatoms. The molecule has 0 fully saturated rings. The molecule has 0 saturated heterocycles. The van der Waals surface area contributed by atoms with Gasteiger partial charge in [-0.25, -0.2) is 4.79 Å². The van der Waals surface area contributed by atoms with E-state index in [0.717, 1.165) is 0 Å². The molecule has 2 atom stereocenters. The van der Waals surface area contributed by atoms with Crippen LogP contribution < -0.4 is 10.9 Å². The number of methoxy groups -OCH3 is 1. The number of pyridine rings is 1. The van der Waals surface area contributed by atoms with Crippen LogP contribution in [0, 0.1) is 5.92 Å². The third kappa shape index (κ3) is 3.59. The van der Waals surface area contributed by atoms with E-state index in [0.29, 0.717) is 17.3 Å². The summed E-state index contributed by atoms with van der Waals surface area (Å²) in [6.45, 7) is 3.78. The predicted octanol–water partition coefficient (Wildman–Crippen LogP) is 1.85. The van der Waals surface area contributed by atoms with Crippen LogP contribution in [0.4, 0.5) is 0 Å². The van der Waals surface area contributed by atoms with Crippen LogP contribution in [0.1, 0.15) is 30.6 Å². The molecule has 122 valence electrons. The van der Waals surface area contributed by atoms with Gasteiger partial charge in [-0.3, -0.25) is 9.59 Å². The molecule has 2 N–H and O–H groups in total. The Labute approximate surface area is 133 Å². The highest BCUT2D eigenvalue weighted by molar-refractivity contribution is 6.07. The highest BCUT2D eigenvalue weighted by Crippen LogP contribution is 2.16. The Morgan fingerprint density at radius 3 is 2.65 bits per heavy atom. The van der Waals surface area contributed by atoms with E-state index in [-0.39, 0.29) is 17.0 Å². The Hall–Kier alpha value is -2.63. The third-order valence-electron chi connectivity index (χ3n) is 3.95. The van der Waals surface area contributed by atoms with Crippen LogP contribution in [0.15, 0.2) is 35.1 Å². The number of fused-ring (bicyclic) bond motifs is 1. The topological polar surface area (TPSA) is 88.3 Å². The molecule has 0 aliphatic heterocycles. The van der Waals surface area contributed by atoms with Crippen LogP contribution in [0.3, 0.4) is 0 Å². The summed E-state index contributed by atoms with van der Waals surface area (Å²) < 4.78 is 4.76. The van der Waals surface area contributed by atoms with Gasteiger partial charge < -0.3 is 15.0 Å². The number of hydrogen-bond donors (Lipinski definition) is 2. The number of carbonyl (C=O) groups excluding carboxylic acids is 2. The molecule has 0 bridgehead atoms. The van der Waals surface area contributed by atoms with Crippen LogP contribution in [0.2, 0.25) is 0 Å². The first-order valence-corrected chi connectivity index (χ1v) is 7.48. The fraction of sp³-hybridized carbons (Fsp3) is 0.353. The molecule has 1 amide bonds. The average Bonchev–Trinajstić information content (AvgIpc) is 2.57. The lowest BCUT2D eigenvalue weighted by Gasteiger charge is -2.22. The number of aromatic amines is 1. The van der Waals surface area contributed by atoms with Crippen molar-refractivity contribution in [3.05, 3.63) is 46.2 Å². The largest absolute Gasteiger partial charge is 0.467 e. The van der Waals surface area contributed by atoms with Crippen LogP contribution in [-0.2, 0) is 9.53 Å². The van der Waals surface area contributed by atoms with E-state index in [9.17, 15) is 14.4 Å². The van der Waals surface area contributed by atoms with Gasteiger partial charge in [0, 0.05) is 17.0 Å². The third-order valence-corrected chi connectivity index (χ3v) is 3.95. The van der Waals surface area contributed by atoms with Gasteiger partial charge in [0.25, 0.3) is 5.91 Å². The lowest BCUT2D eigenvalue weighted by molar-refractivity contribution is -0.144. The van der Waals surface area contributed by atoms with Gasteiger partial charge in [0.1, 0.15) is 6.04 Å². The molecular weight excluding hydrogens is 296 g/mol. The molecule has 0 radical (unpaired) electrons. The summed E-state index contributed by atoms with van der Waals surface area (Å²) >= 11 is 0. The summed E-state index contributed by atoms with van der Waals surface area (Å²) in [5, 5.41) is 3.31. The molecule has 0 saturated carbocycles. The molecule has 0 unspecified atom stereocenters. The number of aromatic nitrogens is 1. The van der Waals surface area contributed by atoms with Crippen LogP contribution in [0.25, 0.3) is 10.9 Å². The summed E-state index contributed by atoms with van der Waals surface area (Å²) in [5.74, 6) is -1.05. The van der Waals surface area contributed by atoms with Crippen molar-refractivity contribution in [3.8, 4) is 0 Å². The van der Waals surface area contributed by atoms with Crippen molar-refractivity contribution in [2.45, 2.75) is 26.3 Å². The van der Waals surface area contributed by atoms with Gasteiger partial charge in [0.05, 0.1) is 12.7 Å². The normalized spacial score (nSPS) is 13.3. The Bertz CT molecular complexity index is 782. The number of benzene rings is 1. The highest BCUT2D eigenvalue weighted by Gasteiger charge is 2.27. The SMILES string of the molecule is CC[C@@H](C)[C@@H](NC(=O)c1cc(=O)[nH]c2ccccc12)C(=O)OC. The van der Waals surface area contributed by atoms with Crippen molar-refractivity contribution in [2.24, 2.45) is 5.92 Å². The number of ether oxygens (including phenoxy) is 1. The molecule has 23 heavy (non-hydrogen) atoms. The maximum Gasteiger partial charge on any atom is 0.328 e. The number of esters is 1. The first-order chi connectivity index (χ1) is 11.0. The maximum atomic E-state index is 12.6. The zero-order valence-corrected chi connectivity index (χ0v) is 13.4. The second-order valence-corrected chi connectivity index (χ2v) is 5.45. The summed E-state index contributed by atoms with van der Waals surface area (Å²) in [6, 6.07) is 7.51. The molecule has 2 rings (SSSR count). The van der Waals surface area contributed by atoms with Gasteiger partial charge in [0.15, 0.2) is 0 Å². The van der Waals surface area contributed by atoms with Gasteiger partial charge in [-0.15, -0.1) is 0 Å². The Morgan fingerprint density at radius 2 is 2.00 bits per heavy atom. The summed E-state index contributed by atoms with van der Waals surface area (Å²) in [5.41, 5.74) is 0.442. The second kappa shape index (κ2) is 7.09. The van der Waals surface area contributed by atoms with E-state index < -0.39 is 17.9 Å². The summed E-state index contributed by atoms with van der Waals surface area (Å²) in [7, 11) is 1.28. The minimum Gasteiger partial charge on any atom is -0.467 e. The zero-order chi connectivity index (χ0) is 17.0. The van der Waals surface area contributed by atoms with E-state index in [2.05, 4.69) is 10.3 Å².